The van der Waals surface area contributed by atoms with Crippen molar-refractivity contribution in [3.05, 3.63) is 21.8 Å². The molecule has 0 unspecified atom stereocenters. The van der Waals surface area contributed by atoms with Gasteiger partial charge in [0, 0.05) is 16.1 Å². The number of sulfone groups is 1. The maximum Gasteiger partial charge on any atom is 0.262 e. The Morgan fingerprint density at radius 3 is 2.09 bits per heavy atom. The first kappa shape index (κ1) is 8.76. The van der Waals surface area contributed by atoms with E-state index in [1.54, 1.807) is 0 Å². The topological polar surface area (TPSA) is 68.3 Å². The highest BCUT2D eigenvalue weighted by molar-refractivity contribution is 8.17. The van der Waals surface area contributed by atoms with Crippen LogP contribution >= 0.6 is 10.7 Å². The van der Waals surface area contributed by atoms with Crippen LogP contribution in [0.1, 0.15) is 0 Å². The quantitative estimate of drug-likeness (QED) is 0.591. The third-order valence-electron chi connectivity index (χ3n) is 0.984. The Hall–Kier alpha value is -0.330. The van der Waals surface area contributed by atoms with Gasteiger partial charge in [0.2, 0.25) is 0 Å². The molecular formula is C4H3ClO4S2. The van der Waals surface area contributed by atoms with Crippen LogP contribution in [0.15, 0.2) is 21.8 Å². The predicted molar refractivity (Wildman–Crippen MR) is 40.9 cm³/mol. The minimum atomic E-state index is -3.91. The van der Waals surface area contributed by atoms with Crippen molar-refractivity contribution in [2.24, 2.45) is 0 Å². The molecule has 0 saturated carbocycles. The fraction of sp³-hybridized carbons (Fsp3) is 0. The van der Waals surface area contributed by atoms with Gasteiger partial charge in [-0.3, -0.25) is 0 Å². The van der Waals surface area contributed by atoms with E-state index in [1.165, 1.54) is 0 Å². The Kier molecular flexibility index (Phi) is 1.85. The number of hydrogen-bond acceptors (Lipinski definition) is 4. The van der Waals surface area contributed by atoms with Crippen LogP contribution in [0.25, 0.3) is 0 Å². The summed E-state index contributed by atoms with van der Waals surface area (Å²) in [7, 11) is -2.54. The average Bonchev–Trinajstić information content (AvgIpc) is 2.07. The molecule has 0 aromatic carbocycles. The molecule has 4 nitrogen and oxygen atoms in total. The SMILES string of the molecule is O=S1(=O)C=CC(S(=O)(=O)Cl)=C1. The van der Waals surface area contributed by atoms with Gasteiger partial charge in [-0.25, -0.2) is 16.8 Å². The summed E-state index contributed by atoms with van der Waals surface area (Å²) in [5, 5.41) is 1.39. The van der Waals surface area contributed by atoms with E-state index in [1.807, 2.05) is 0 Å². The van der Waals surface area contributed by atoms with Crippen molar-refractivity contribution in [1.82, 2.24) is 0 Å². The first-order valence-electron chi connectivity index (χ1n) is 2.41. The largest absolute Gasteiger partial charge is 0.262 e. The first-order chi connectivity index (χ1) is 4.81. The molecule has 0 atom stereocenters. The molecule has 62 valence electrons. The van der Waals surface area contributed by atoms with E-state index in [4.69, 9.17) is 10.7 Å². The zero-order valence-corrected chi connectivity index (χ0v) is 7.45. The molecule has 0 amide bonds. The van der Waals surface area contributed by atoms with Crippen LogP contribution < -0.4 is 0 Å². The standard InChI is InChI=1S/C4H3ClO4S2/c5-11(8,9)4-1-2-10(6,7)3-4/h1-3H. The monoisotopic (exact) mass is 214 g/mol. The molecular weight excluding hydrogens is 212 g/mol. The van der Waals surface area contributed by atoms with Gasteiger partial charge in [0.1, 0.15) is 0 Å². The minimum absolute atomic E-state index is 0.390. The predicted octanol–water partition coefficient (Wildman–Crippen LogP) is 0.339. The van der Waals surface area contributed by atoms with Crippen LogP contribution in [0.3, 0.4) is 0 Å². The third kappa shape index (κ3) is 2.05. The molecule has 0 N–H and O–H groups in total. The number of rotatable bonds is 1. The molecule has 0 saturated heterocycles. The lowest BCUT2D eigenvalue weighted by molar-refractivity contribution is 0.611. The normalized spacial score (nSPS) is 21.7. The lowest BCUT2D eigenvalue weighted by Gasteiger charge is -1.86. The molecule has 1 heterocycles. The zero-order valence-electron chi connectivity index (χ0n) is 5.06. The molecule has 0 aliphatic carbocycles. The average molecular weight is 215 g/mol. The Morgan fingerprint density at radius 2 is 1.91 bits per heavy atom. The van der Waals surface area contributed by atoms with Gasteiger partial charge in [-0.05, 0) is 6.08 Å². The molecule has 1 aliphatic heterocycles. The van der Waals surface area contributed by atoms with Gasteiger partial charge in [-0.1, -0.05) is 0 Å². The second-order valence-electron chi connectivity index (χ2n) is 1.85. The van der Waals surface area contributed by atoms with E-state index in [0.717, 1.165) is 11.5 Å². The summed E-state index contributed by atoms with van der Waals surface area (Å²) < 4.78 is 42.2. The van der Waals surface area contributed by atoms with Crippen molar-refractivity contribution in [2.75, 3.05) is 0 Å². The van der Waals surface area contributed by atoms with Crippen molar-refractivity contribution in [3.8, 4) is 0 Å². The van der Waals surface area contributed by atoms with Crippen LogP contribution in [-0.4, -0.2) is 16.8 Å². The van der Waals surface area contributed by atoms with Crippen LogP contribution in [0, 0.1) is 0 Å². The molecule has 7 heteroatoms. The van der Waals surface area contributed by atoms with Crippen LogP contribution in [0.5, 0.6) is 0 Å². The van der Waals surface area contributed by atoms with Crippen molar-refractivity contribution < 1.29 is 16.8 Å². The first-order valence-corrected chi connectivity index (χ1v) is 6.33. The summed E-state index contributed by atoms with van der Waals surface area (Å²) in [6.07, 6.45) is 0.942. The maximum absolute atomic E-state index is 10.6. The highest BCUT2D eigenvalue weighted by Gasteiger charge is 2.20. The molecule has 0 bridgehead atoms. The summed E-state index contributed by atoms with van der Waals surface area (Å²) >= 11 is 0. The lowest BCUT2D eigenvalue weighted by Crippen LogP contribution is -1.90. The summed E-state index contributed by atoms with van der Waals surface area (Å²) in [5.41, 5.74) is 0. The smallest absolute Gasteiger partial charge is 0.220 e. The number of halogens is 1. The Bertz CT molecular complexity index is 425. The second-order valence-corrected chi connectivity index (χ2v) is 6.10. The van der Waals surface area contributed by atoms with Gasteiger partial charge >= 0.3 is 0 Å². The van der Waals surface area contributed by atoms with Crippen LogP contribution in [0.4, 0.5) is 0 Å². The van der Waals surface area contributed by atoms with Gasteiger partial charge in [-0.2, -0.15) is 0 Å². The van der Waals surface area contributed by atoms with Crippen molar-refractivity contribution >= 4 is 29.6 Å². The Morgan fingerprint density at radius 1 is 1.36 bits per heavy atom. The molecule has 1 rings (SSSR count). The fourth-order valence-electron chi connectivity index (χ4n) is 0.541. The number of allylic oxidation sites excluding steroid dienone is 1. The van der Waals surface area contributed by atoms with Crippen molar-refractivity contribution in [2.45, 2.75) is 0 Å². The molecule has 0 radical (unpaired) electrons. The highest BCUT2D eigenvalue weighted by atomic mass is 35.7. The van der Waals surface area contributed by atoms with Gasteiger partial charge in [0.25, 0.3) is 9.05 Å². The molecule has 11 heavy (non-hydrogen) atoms. The molecule has 0 aromatic heterocycles. The van der Waals surface area contributed by atoms with Crippen LogP contribution in [0.2, 0.25) is 0 Å². The van der Waals surface area contributed by atoms with Crippen molar-refractivity contribution in [1.29, 1.82) is 0 Å². The fourth-order valence-corrected chi connectivity index (χ4v) is 3.02. The zero-order chi connectivity index (χ0) is 8.70. The van der Waals surface area contributed by atoms with E-state index >= 15 is 0 Å². The summed E-state index contributed by atoms with van der Waals surface area (Å²) in [6.45, 7) is 0. The minimum Gasteiger partial charge on any atom is -0.220 e. The van der Waals surface area contributed by atoms with E-state index in [-0.39, 0.29) is 4.91 Å². The summed E-state index contributed by atoms with van der Waals surface area (Å²) in [5.74, 6) is 0. The Balaban J connectivity index is 3.30. The van der Waals surface area contributed by atoms with Gasteiger partial charge in [0.05, 0.1) is 10.3 Å². The summed E-state index contributed by atoms with van der Waals surface area (Å²) in [4.78, 5) is -0.390. The molecule has 1 aliphatic rings. The molecule has 0 spiro atoms. The van der Waals surface area contributed by atoms with E-state index < -0.39 is 18.9 Å². The van der Waals surface area contributed by atoms with Crippen molar-refractivity contribution in [3.63, 3.8) is 0 Å². The van der Waals surface area contributed by atoms with Gasteiger partial charge in [-0.15, -0.1) is 0 Å². The lowest BCUT2D eigenvalue weighted by atomic mass is 10.6. The third-order valence-corrected chi connectivity index (χ3v) is 3.58. The van der Waals surface area contributed by atoms with Crippen LogP contribution in [-0.2, 0) is 18.9 Å². The summed E-state index contributed by atoms with van der Waals surface area (Å²) in [6, 6.07) is 0. The van der Waals surface area contributed by atoms with E-state index in [2.05, 4.69) is 0 Å². The maximum atomic E-state index is 10.6. The highest BCUT2D eigenvalue weighted by Crippen LogP contribution is 2.21. The van der Waals surface area contributed by atoms with Gasteiger partial charge < -0.3 is 0 Å². The second kappa shape index (κ2) is 2.33. The molecule has 0 aromatic rings. The van der Waals surface area contributed by atoms with E-state index in [0.29, 0.717) is 5.41 Å². The number of hydrogen-bond donors (Lipinski definition) is 0. The van der Waals surface area contributed by atoms with Gasteiger partial charge in [0.15, 0.2) is 9.84 Å². The Labute approximate surface area is 68.5 Å². The molecule has 0 fully saturated rings. The van der Waals surface area contributed by atoms with E-state index in [9.17, 15) is 16.8 Å².